The zero-order valence-electron chi connectivity index (χ0n) is 7.96. The number of sulfonamides is 1. The lowest BCUT2D eigenvalue weighted by molar-refractivity contribution is 0.602. The first-order valence-corrected chi connectivity index (χ1v) is 6.23. The van der Waals surface area contributed by atoms with E-state index in [4.69, 9.17) is 11.6 Å². The van der Waals surface area contributed by atoms with Crippen LogP contribution in [0.5, 0.6) is 0 Å². The topological polar surface area (TPSA) is 74.8 Å². The minimum atomic E-state index is -3.36. The van der Waals surface area contributed by atoms with Gasteiger partial charge in [-0.15, -0.1) is 11.6 Å². The second-order valence-electron chi connectivity index (χ2n) is 2.93. The number of aromatic amines is 1. The molecule has 0 fully saturated rings. The molecule has 7 heteroatoms. The normalized spacial score (nSPS) is 11.6. The molecule has 1 aromatic heterocycles. The number of aromatic nitrogens is 2. The maximum absolute atomic E-state index is 11.3. The van der Waals surface area contributed by atoms with E-state index in [0.717, 1.165) is 11.3 Å². The monoisotopic (exact) mass is 237 g/mol. The van der Waals surface area contributed by atoms with E-state index in [0.29, 0.717) is 5.82 Å². The van der Waals surface area contributed by atoms with Crippen LogP contribution in [0.2, 0.25) is 0 Å². The van der Waals surface area contributed by atoms with Crippen LogP contribution in [-0.2, 0) is 10.0 Å². The lowest BCUT2D eigenvalue weighted by atomic mass is 10.3. The van der Waals surface area contributed by atoms with Crippen LogP contribution in [0, 0.1) is 13.8 Å². The van der Waals surface area contributed by atoms with E-state index in [1.165, 1.54) is 0 Å². The largest absolute Gasteiger partial charge is 0.280 e. The quantitative estimate of drug-likeness (QED) is 0.768. The molecule has 0 saturated carbocycles. The third kappa shape index (κ3) is 2.62. The third-order valence-corrected chi connectivity index (χ3v) is 3.51. The SMILES string of the molecule is Cc1[nH]nc(NS(=O)(=O)CCCl)c1C. The van der Waals surface area contributed by atoms with Crippen molar-refractivity contribution >= 4 is 27.4 Å². The predicted molar refractivity (Wildman–Crippen MR) is 56.2 cm³/mol. The highest BCUT2D eigenvalue weighted by atomic mass is 35.5. The third-order valence-electron chi connectivity index (χ3n) is 1.85. The van der Waals surface area contributed by atoms with Crippen LogP contribution in [0.3, 0.4) is 0 Å². The lowest BCUT2D eigenvalue weighted by Crippen LogP contribution is -2.18. The Labute approximate surface area is 87.9 Å². The van der Waals surface area contributed by atoms with Gasteiger partial charge in [-0.05, 0) is 13.8 Å². The Morgan fingerprint density at radius 3 is 2.57 bits per heavy atom. The van der Waals surface area contributed by atoms with Gasteiger partial charge in [-0.2, -0.15) is 5.10 Å². The summed E-state index contributed by atoms with van der Waals surface area (Å²) in [5.41, 5.74) is 1.64. The van der Waals surface area contributed by atoms with E-state index in [1.807, 2.05) is 6.92 Å². The van der Waals surface area contributed by atoms with Crippen LogP contribution in [0.15, 0.2) is 0 Å². The van der Waals surface area contributed by atoms with Gasteiger partial charge in [0.05, 0.1) is 5.75 Å². The van der Waals surface area contributed by atoms with Crippen molar-refractivity contribution in [2.24, 2.45) is 0 Å². The number of rotatable bonds is 4. The standard InChI is InChI=1S/C7H12ClN3O2S/c1-5-6(2)9-10-7(5)11-14(12,13)4-3-8/h3-4H2,1-2H3,(H2,9,10,11). The molecular formula is C7H12ClN3O2S. The van der Waals surface area contributed by atoms with E-state index in [2.05, 4.69) is 14.9 Å². The molecule has 0 saturated heterocycles. The molecule has 0 unspecified atom stereocenters. The molecule has 80 valence electrons. The lowest BCUT2D eigenvalue weighted by Gasteiger charge is -2.03. The van der Waals surface area contributed by atoms with E-state index < -0.39 is 10.0 Å². The summed E-state index contributed by atoms with van der Waals surface area (Å²) < 4.78 is 25.0. The number of anilines is 1. The predicted octanol–water partition coefficient (Wildman–Crippen LogP) is 1.01. The van der Waals surface area contributed by atoms with Gasteiger partial charge in [-0.25, -0.2) is 8.42 Å². The van der Waals surface area contributed by atoms with Crippen LogP contribution in [0.25, 0.3) is 0 Å². The molecule has 14 heavy (non-hydrogen) atoms. The molecule has 1 rings (SSSR count). The fraction of sp³-hybridized carbons (Fsp3) is 0.571. The molecule has 0 aromatic carbocycles. The van der Waals surface area contributed by atoms with Crippen molar-refractivity contribution < 1.29 is 8.42 Å². The highest BCUT2D eigenvalue weighted by molar-refractivity contribution is 7.92. The summed E-state index contributed by atoms with van der Waals surface area (Å²) in [6.45, 7) is 3.61. The minimum Gasteiger partial charge on any atom is -0.280 e. The Morgan fingerprint density at radius 2 is 2.14 bits per heavy atom. The molecule has 0 amide bonds. The zero-order chi connectivity index (χ0) is 10.8. The van der Waals surface area contributed by atoms with E-state index in [-0.39, 0.29) is 11.6 Å². The fourth-order valence-corrected chi connectivity index (χ4v) is 2.29. The van der Waals surface area contributed by atoms with Crippen molar-refractivity contribution in [2.45, 2.75) is 13.8 Å². The van der Waals surface area contributed by atoms with Crippen molar-refractivity contribution in [3.63, 3.8) is 0 Å². The molecular weight excluding hydrogens is 226 g/mol. The molecule has 5 nitrogen and oxygen atoms in total. The molecule has 0 atom stereocenters. The Kier molecular flexibility index (Phi) is 3.38. The summed E-state index contributed by atoms with van der Waals surface area (Å²) in [7, 11) is -3.36. The highest BCUT2D eigenvalue weighted by Crippen LogP contribution is 2.15. The Morgan fingerprint density at radius 1 is 1.50 bits per heavy atom. The average molecular weight is 238 g/mol. The smallest absolute Gasteiger partial charge is 0.235 e. The van der Waals surface area contributed by atoms with Crippen molar-refractivity contribution in [3.05, 3.63) is 11.3 Å². The van der Waals surface area contributed by atoms with Crippen LogP contribution in [0.1, 0.15) is 11.3 Å². The Bertz CT molecular complexity index is 413. The number of nitrogens with one attached hydrogen (secondary N) is 2. The second kappa shape index (κ2) is 4.18. The highest BCUT2D eigenvalue weighted by Gasteiger charge is 2.13. The summed E-state index contributed by atoms with van der Waals surface area (Å²) in [4.78, 5) is 0. The van der Waals surface area contributed by atoms with Crippen LogP contribution in [0.4, 0.5) is 5.82 Å². The van der Waals surface area contributed by atoms with E-state index in [9.17, 15) is 8.42 Å². The number of nitrogens with zero attached hydrogens (tertiary/aromatic N) is 1. The molecule has 0 aliphatic rings. The van der Waals surface area contributed by atoms with Crippen molar-refractivity contribution in [3.8, 4) is 0 Å². The molecule has 1 aromatic rings. The first kappa shape index (κ1) is 11.3. The van der Waals surface area contributed by atoms with Gasteiger partial charge in [-0.3, -0.25) is 9.82 Å². The number of halogens is 1. The number of H-pyrrole nitrogens is 1. The number of alkyl halides is 1. The number of hydrogen-bond donors (Lipinski definition) is 2. The number of aryl methyl sites for hydroxylation is 1. The van der Waals surface area contributed by atoms with Gasteiger partial charge in [-0.1, -0.05) is 0 Å². The summed E-state index contributed by atoms with van der Waals surface area (Å²) in [5.74, 6) is 0.296. The van der Waals surface area contributed by atoms with Gasteiger partial charge >= 0.3 is 0 Å². The van der Waals surface area contributed by atoms with Gasteiger partial charge in [0.25, 0.3) is 0 Å². The second-order valence-corrected chi connectivity index (χ2v) is 5.15. The van der Waals surface area contributed by atoms with Gasteiger partial charge in [0.2, 0.25) is 10.0 Å². The summed E-state index contributed by atoms with van der Waals surface area (Å²) >= 11 is 5.35. The van der Waals surface area contributed by atoms with Crippen LogP contribution < -0.4 is 4.72 Å². The Balaban J connectivity index is 2.84. The summed E-state index contributed by atoms with van der Waals surface area (Å²) in [6, 6.07) is 0. The summed E-state index contributed by atoms with van der Waals surface area (Å²) in [5, 5.41) is 6.52. The van der Waals surface area contributed by atoms with Crippen LogP contribution in [-0.4, -0.2) is 30.2 Å². The molecule has 2 N–H and O–H groups in total. The minimum absolute atomic E-state index is 0.0672. The first-order valence-electron chi connectivity index (χ1n) is 4.04. The van der Waals surface area contributed by atoms with Crippen LogP contribution >= 0.6 is 11.6 Å². The Hall–Kier alpha value is -0.750. The maximum Gasteiger partial charge on any atom is 0.235 e. The maximum atomic E-state index is 11.3. The molecule has 0 aliphatic heterocycles. The summed E-state index contributed by atoms with van der Waals surface area (Å²) in [6.07, 6.45) is 0. The van der Waals surface area contributed by atoms with Crippen molar-refractivity contribution in [2.75, 3.05) is 16.4 Å². The molecule has 0 radical (unpaired) electrons. The fourth-order valence-electron chi connectivity index (χ4n) is 0.884. The first-order chi connectivity index (χ1) is 6.46. The van der Waals surface area contributed by atoms with Gasteiger partial charge in [0, 0.05) is 17.1 Å². The average Bonchev–Trinajstić information content (AvgIpc) is 2.35. The molecule has 0 spiro atoms. The van der Waals surface area contributed by atoms with Gasteiger partial charge in [0.1, 0.15) is 0 Å². The molecule has 0 aliphatic carbocycles. The van der Waals surface area contributed by atoms with E-state index >= 15 is 0 Å². The van der Waals surface area contributed by atoms with Gasteiger partial charge in [0.15, 0.2) is 5.82 Å². The van der Waals surface area contributed by atoms with Crippen molar-refractivity contribution in [1.29, 1.82) is 0 Å². The molecule has 0 bridgehead atoms. The number of hydrogen-bond acceptors (Lipinski definition) is 3. The van der Waals surface area contributed by atoms with Gasteiger partial charge < -0.3 is 0 Å². The molecule has 1 heterocycles. The van der Waals surface area contributed by atoms with E-state index in [1.54, 1.807) is 6.92 Å². The zero-order valence-corrected chi connectivity index (χ0v) is 9.54. The van der Waals surface area contributed by atoms with Crippen molar-refractivity contribution in [1.82, 2.24) is 10.2 Å².